The Labute approximate surface area is 124 Å². The minimum atomic E-state index is 0.842. The summed E-state index contributed by atoms with van der Waals surface area (Å²) in [6.07, 6.45) is 2.62. The van der Waals surface area contributed by atoms with Crippen LogP contribution in [0.2, 0.25) is 0 Å². The summed E-state index contributed by atoms with van der Waals surface area (Å²) >= 11 is 3.66. The third-order valence-corrected chi connectivity index (χ3v) is 5.09. The van der Waals surface area contributed by atoms with Crippen LogP contribution < -0.4 is 5.32 Å². The molecule has 0 spiro atoms. The Morgan fingerprint density at radius 3 is 2.63 bits per heavy atom. The molecule has 108 valence electrons. The highest BCUT2D eigenvalue weighted by Gasteiger charge is 2.19. The van der Waals surface area contributed by atoms with Crippen molar-refractivity contribution in [1.82, 2.24) is 20.0 Å². The van der Waals surface area contributed by atoms with Gasteiger partial charge in [0, 0.05) is 20.1 Å². The highest BCUT2D eigenvalue weighted by atomic mass is 79.9. The molecular weight excluding hydrogens is 304 g/mol. The standard InChI is InChI=1S/C14H25BrN4/c1-4-19(9-12-5-7-16-8-6-12)10-13-14(15)11(2)17-18(13)3/h12,16H,4-10H2,1-3H3. The van der Waals surface area contributed by atoms with Crippen molar-refractivity contribution < 1.29 is 0 Å². The lowest BCUT2D eigenvalue weighted by atomic mass is 9.97. The van der Waals surface area contributed by atoms with Crippen LogP contribution in [-0.2, 0) is 13.6 Å². The van der Waals surface area contributed by atoms with Gasteiger partial charge in [-0.05, 0) is 61.2 Å². The number of hydrogen-bond donors (Lipinski definition) is 1. The minimum absolute atomic E-state index is 0.842. The third kappa shape index (κ3) is 3.80. The summed E-state index contributed by atoms with van der Waals surface area (Å²) in [5.74, 6) is 0.842. The molecule has 0 aromatic carbocycles. The highest BCUT2D eigenvalue weighted by molar-refractivity contribution is 9.10. The topological polar surface area (TPSA) is 33.1 Å². The summed E-state index contributed by atoms with van der Waals surface area (Å²) in [4.78, 5) is 2.54. The lowest BCUT2D eigenvalue weighted by molar-refractivity contribution is 0.203. The maximum atomic E-state index is 4.48. The van der Waals surface area contributed by atoms with Crippen molar-refractivity contribution in [3.05, 3.63) is 15.9 Å². The van der Waals surface area contributed by atoms with Gasteiger partial charge in [0.05, 0.1) is 15.9 Å². The van der Waals surface area contributed by atoms with Gasteiger partial charge >= 0.3 is 0 Å². The van der Waals surface area contributed by atoms with E-state index in [9.17, 15) is 0 Å². The first-order valence-corrected chi connectivity index (χ1v) is 8.02. The first-order valence-electron chi connectivity index (χ1n) is 7.22. The molecule has 0 bridgehead atoms. The zero-order valence-electron chi connectivity index (χ0n) is 12.2. The Bertz CT molecular complexity index is 410. The van der Waals surface area contributed by atoms with E-state index in [4.69, 9.17) is 0 Å². The molecule has 0 radical (unpaired) electrons. The van der Waals surface area contributed by atoms with Gasteiger partial charge in [-0.15, -0.1) is 0 Å². The maximum absolute atomic E-state index is 4.48. The molecule has 2 rings (SSSR count). The summed E-state index contributed by atoms with van der Waals surface area (Å²) in [7, 11) is 2.03. The van der Waals surface area contributed by atoms with Gasteiger partial charge in [0.15, 0.2) is 0 Å². The van der Waals surface area contributed by atoms with E-state index >= 15 is 0 Å². The van der Waals surface area contributed by atoms with Gasteiger partial charge in [-0.25, -0.2) is 0 Å². The summed E-state index contributed by atoms with van der Waals surface area (Å²) in [5.41, 5.74) is 2.36. The fourth-order valence-electron chi connectivity index (χ4n) is 2.80. The highest BCUT2D eigenvalue weighted by Crippen LogP contribution is 2.22. The van der Waals surface area contributed by atoms with Crippen LogP contribution in [0, 0.1) is 12.8 Å². The normalized spacial score (nSPS) is 17.3. The van der Waals surface area contributed by atoms with Crippen LogP contribution in [0.4, 0.5) is 0 Å². The Morgan fingerprint density at radius 2 is 2.11 bits per heavy atom. The quantitative estimate of drug-likeness (QED) is 0.900. The van der Waals surface area contributed by atoms with Gasteiger partial charge in [0.1, 0.15) is 0 Å². The molecule has 0 unspecified atom stereocenters. The molecule has 1 aliphatic heterocycles. The molecule has 1 fully saturated rings. The SMILES string of the molecule is CCN(Cc1c(Br)c(C)nn1C)CC1CCNCC1. The molecule has 1 aromatic rings. The van der Waals surface area contributed by atoms with Crippen LogP contribution >= 0.6 is 15.9 Å². The molecule has 19 heavy (non-hydrogen) atoms. The Hall–Kier alpha value is -0.390. The van der Waals surface area contributed by atoms with Crippen molar-refractivity contribution >= 4 is 15.9 Å². The van der Waals surface area contributed by atoms with Crippen molar-refractivity contribution in [3.63, 3.8) is 0 Å². The second-order valence-corrected chi connectivity index (χ2v) is 6.28. The molecule has 0 amide bonds. The lowest BCUT2D eigenvalue weighted by Crippen LogP contribution is -2.36. The fourth-order valence-corrected chi connectivity index (χ4v) is 3.26. The number of aromatic nitrogens is 2. The van der Waals surface area contributed by atoms with Crippen molar-refractivity contribution in [2.24, 2.45) is 13.0 Å². The number of aryl methyl sites for hydroxylation is 2. The number of nitrogens with one attached hydrogen (secondary N) is 1. The van der Waals surface area contributed by atoms with Crippen molar-refractivity contribution in [1.29, 1.82) is 0 Å². The summed E-state index contributed by atoms with van der Waals surface area (Å²) in [5, 5.41) is 7.91. The van der Waals surface area contributed by atoms with E-state index in [1.807, 2.05) is 11.7 Å². The van der Waals surface area contributed by atoms with Crippen LogP contribution in [0.5, 0.6) is 0 Å². The predicted molar refractivity (Wildman–Crippen MR) is 82.2 cm³/mol. The fraction of sp³-hybridized carbons (Fsp3) is 0.786. The van der Waals surface area contributed by atoms with Gasteiger partial charge < -0.3 is 5.32 Å². The zero-order valence-corrected chi connectivity index (χ0v) is 13.8. The van der Waals surface area contributed by atoms with Gasteiger partial charge in [0.2, 0.25) is 0 Å². The Morgan fingerprint density at radius 1 is 1.42 bits per heavy atom. The van der Waals surface area contributed by atoms with Gasteiger partial charge in [-0.1, -0.05) is 6.92 Å². The summed E-state index contributed by atoms with van der Waals surface area (Å²) in [6.45, 7) is 9.94. The largest absolute Gasteiger partial charge is 0.317 e. The van der Waals surface area contributed by atoms with Crippen molar-refractivity contribution in [3.8, 4) is 0 Å². The second-order valence-electron chi connectivity index (χ2n) is 5.49. The number of nitrogens with zero attached hydrogens (tertiary/aromatic N) is 3. The molecular formula is C14H25BrN4. The zero-order chi connectivity index (χ0) is 13.8. The van der Waals surface area contributed by atoms with Gasteiger partial charge in [-0.3, -0.25) is 9.58 Å². The van der Waals surface area contributed by atoms with E-state index < -0.39 is 0 Å². The van der Waals surface area contributed by atoms with Gasteiger partial charge in [0.25, 0.3) is 0 Å². The lowest BCUT2D eigenvalue weighted by Gasteiger charge is -2.29. The van der Waals surface area contributed by atoms with Crippen LogP contribution in [0.1, 0.15) is 31.2 Å². The van der Waals surface area contributed by atoms with E-state index in [0.29, 0.717) is 0 Å². The molecule has 1 saturated heterocycles. The molecule has 4 nitrogen and oxygen atoms in total. The van der Waals surface area contributed by atoms with E-state index in [2.05, 4.69) is 45.1 Å². The molecule has 5 heteroatoms. The van der Waals surface area contributed by atoms with Crippen LogP contribution in [-0.4, -0.2) is 40.9 Å². The van der Waals surface area contributed by atoms with Crippen LogP contribution in [0.25, 0.3) is 0 Å². The van der Waals surface area contributed by atoms with E-state index in [-0.39, 0.29) is 0 Å². The number of halogens is 1. The third-order valence-electron chi connectivity index (χ3n) is 4.06. The first kappa shape index (κ1) is 15.0. The first-order chi connectivity index (χ1) is 9.11. The Kier molecular flexibility index (Phi) is 5.42. The van der Waals surface area contributed by atoms with E-state index in [1.165, 1.54) is 42.6 Å². The molecule has 2 heterocycles. The van der Waals surface area contributed by atoms with Crippen molar-refractivity contribution in [2.45, 2.75) is 33.2 Å². The predicted octanol–water partition coefficient (Wildman–Crippen LogP) is 2.31. The average molecular weight is 329 g/mol. The molecule has 1 aliphatic rings. The van der Waals surface area contributed by atoms with Crippen LogP contribution in [0.3, 0.4) is 0 Å². The minimum Gasteiger partial charge on any atom is -0.317 e. The number of piperidine rings is 1. The van der Waals surface area contributed by atoms with Crippen LogP contribution in [0.15, 0.2) is 4.47 Å². The second kappa shape index (κ2) is 6.86. The van der Waals surface area contributed by atoms with Gasteiger partial charge in [-0.2, -0.15) is 5.10 Å². The Balaban J connectivity index is 1.98. The molecule has 1 aromatic heterocycles. The van der Waals surface area contributed by atoms with E-state index in [1.54, 1.807) is 0 Å². The van der Waals surface area contributed by atoms with Crippen molar-refractivity contribution in [2.75, 3.05) is 26.2 Å². The number of rotatable bonds is 5. The molecule has 1 N–H and O–H groups in total. The molecule has 0 saturated carbocycles. The average Bonchev–Trinajstić information content (AvgIpc) is 2.65. The summed E-state index contributed by atoms with van der Waals surface area (Å²) in [6, 6.07) is 0. The number of hydrogen-bond acceptors (Lipinski definition) is 3. The maximum Gasteiger partial charge on any atom is 0.0739 e. The van der Waals surface area contributed by atoms with E-state index in [0.717, 1.165) is 24.7 Å². The summed E-state index contributed by atoms with van der Waals surface area (Å²) < 4.78 is 3.17. The monoisotopic (exact) mass is 328 g/mol. The smallest absolute Gasteiger partial charge is 0.0739 e. The molecule has 0 aliphatic carbocycles. The molecule has 0 atom stereocenters.